The van der Waals surface area contributed by atoms with Crippen molar-refractivity contribution in [1.29, 1.82) is 0 Å². The summed E-state index contributed by atoms with van der Waals surface area (Å²) < 4.78 is 0. The van der Waals surface area contributed by atoms with Crippen LogP contribution in [-0.2, 0) is 10.5 Å². The van der Waals surface area contributed by atoms with Crippen molar-refractivity contribution in [3.8, 4) is 0 Å². The summed E-state index contributed by atoms with van der Waals surface area (Å²) in [6, 6.07) is 10.6. The van der Waals surface area contributed by atoms with Gasteiger partial charge in [-0.3, -0.25) is 4.79 Å². The third-order valence-electron chi connectivity index (χ3n) is 3.27. The fraction of sp³-hybridized carbons (Fsp3) is 0.588. The first kappa shape index (κ1) is 21.3. The highest BCUT2D eigenvalue weighted by Crippen LogP contribution is 2.23. The summed E-state index contributed by atoms with van der Waals surface area (Å²) in [5.74, 6) is 1.35. The average Bonchev–Trinajstić information content (AvgIpc) is 2.46. The summed E-state index contributed by atoms with van der Waals surface area (Å²) in [5, 5.41) is 6.37. The van der Waals surface area contributed by atoms with Crippen LogP contribution in [0, 0.1) is 5.92 Å². The first-order valence-electron chi connectivity index (χ1n) is 7.71. The quantitative estimate of drug-likeness (QED) is 0.720. The Morgan fingerprint density at radius 1 is 1.18 bits per heavy atom. The Kier molecular flexibility index (Phi) is 11.4. The van der Waals surface area contributed by atoms with Gasteiger partial charge in [-0.05, 0) is 24.9 Å². The monoisotopic (exact) mass is 344 g/mol. The van der Waals surface area contributed by atoms with Crippen LogP contribution < -0.4 is 10.6 Å². The molecule has 1 aromatic rings. The van der Waals surface area contributed by atoms with Crippen molar-refractivity contribution in [3.63, 3.8) is 0 Å². The highest BCUT2D eigenvalue weighted by molar-refractivity contribution is 7.99. The van der Waals surface area contributed by atoms with Crippen molar-refractivity contribution in [2.75, 3.05) is 13.1 Å². The molecule has 0 fully saturated rings. The van der Waals surface area contributed by atoms with Crippen LogP contribution in [0.5, 0.6) is 0 Å². The summed E-state index contributed by atoms with van der Waals surface area (Å²) >= 11 is 1.72. The molecular weight excluding hydrogens is 316 g/mol. The maximum Gasteiger partial charge on any atom is 0.233 e. The summed E-state index contributed by atoms with van der Waals surface area (Å²) in [6.07, 6.45) is 0. The van der Waals surface area contributed by atoms with Gasteiger partial charge in [0, 0.05) is 18.3 Å². The van der Waals surface area contributed by atoms with Crippen molar-refractivity contribution >= 4 is 30.1 Å². The van der Waals surface area contributed by atoms with E-state index in [4.69, 9.17) is 0 Å². The SMILES string of the molecule is CCN[C@H](C)CNC(=O)C(SCc1ccccc1)C(C)C.Cl. The average molecular weight is 345 g/mol. The van der Waals surface area contributed by atoms with Crippen LogP contribution in [0.15, 0.2) is 30.3 Å². The first-order chi connectivity index (χ1) is 10.0. The van der Waals surface area contributed by atoms with Crippen LogP contribution in [0.4, 0.5) is 0 Å². The Morgan fingerprint density at radius 3 is 2.36 bits per heavy atom. The zero-order valence-corrected chi connectivity index (χ0v) is 15.6. The lowest BCUT2D eigenvalue weighted by atomic mass is 10.1. The molecule has 0 saturated carbocycles. The molecule has 2 atom stereocenters. The van der Waals surface area contributed by atoms with Gasteiger partial charge in [-0.15, -0.1) is 24.2 Å². The maximum absolute atomic E-state index is 12.4. The molecule has 0 aromatic heterocycles. The van der Waals surface area contributed by atoms with Gasteiger partial charge in [-0.2, -0.15) is 0 Å². The first-order valence-corrected chi connectivity index (χ1v) is 8.76. The van der Waals surface area contributed by atoms with E-state index in [2.05, 4.69) is 50.5 Å². The minimum Gasteiger partial charge on any atom is -0.354 e. The number of carbonyl (C=O) groups is 1. The van der Waals surface area contributed by atoms with Gasteiger partial charge in [-0.1, -0.05) is 51.1 Å². The van der Waals surface area contributed by atoms with Gasteiger partial charge in [0.1, 0.15) is 0 Å². The van der Waals surface area contributed by atoms with E-state index in [1.165, 1.54) is 5.56 Å². The third-order valence-corrected chi connectivity index (χ3v) is 4.89. The normalized spacial score (nSPS) is 13.3. The molecule has 0 saturated heterocycles. The van der Waals surface area contributed by atoms with Crippen molar-refractivity contribution in [2.45, 2.75) is 44.7 Å². The number of hydrogen-bond acceptors (Lipinski definition) is 3. The van der Waals surface area contributed by atoms with Crippen LogP contribution in [0.2, 0.25) is 0 Å². The van der Waals surface area contributed by atoms with Crippen LogP contribution in [-0.4, -0.2) is 30.3 Å². The van der Waals surface area contributed by atoms with E-state index in [-0.39, 0.29) is 23.6 Å². The zero-order chi connectivity index (χ0) is 15.7. The highest BCUT2D eigenvalue weighted by atomic mass is 35.5. The van der Waals surface area contributed by atoms with Crippen molar-refractivity contribution in [2.24, 2.45) is 5.92 Å². The second-order valence-electron chi connectivity index (χ2n) is 5.67. The molecule has 0 bridgehead atoms. The smallest absolute Gasteiger partial charge is 0.233 e. The molecule has 0 spiro atoms. The molecule has 22 heavy (non-hydrogen) atoms. The van der Waals surface area contributed by atoms with Gasteiger partial charge in [0.2, 0.25) is 5.91 Å². The Balaban J connectivity index is 0.00000441. The summed E-state index contributed by atoms with van der Waals surface area (Å²) in [5.41, 5.74) is 1.27. The van der Waals surface area contributed by atoms with E-state index in [1.807, 2.05) is 18.2 Å². The number of hydrogen-bond donors (Lipinski definition) is 2. The topological polar surface area (TPSA) is 41.1 Å². The number of carbonyl (C=O) groups excluding carboxylic acids is 1. The van der Waals surface area contributed by atoms with Gasteiger partial charge < -0.3 is 10.6 Å². The number of nitrogens with one attached hydrogen (secondary N) is 2. The molecule has 0 aliphatic heterocycles. The van der Waals surface area contributed by atoms with E-state index in [0.717, 1.165) is 12.3 Å². The Labute approximate surface area is 145 Å². The highest BCUT2D eigenvalue weighted by Gasteiger charge is 2.22. The minimum atomic E-state index is -0.000896. The Bertz CT molecular complexity index is 414. The number of rotatable bonds is 9. The van der Waals surface area contributed by atoms with E-state index >= 15 is 0 Å². The second kappa shape index (κ2) is 11.8. The largest absolute Gasteiger partial charge is 0.354 e. The van der Waals surface area contributed by atoms with Crippen LogP contribution >= 0.6 is 24.2 Å². The zero-order valence-electron chi connectivity index (χ0n) is 14.0. The molecule has 3 nitrogen and oxygen atoms in total. The number of benzene rings is 1. The fourth-order valence-electron chi connectivity index (χ4n) is 2.11. The Hall–Kier alpha value is -0.710. The number of thioether (sulfide) groups is 1. The molecule has 1 aromatic carbocycles. The van der Waals surface area contributed by atoms with E-state index in [1.54, 1.807) is 11.8 Å². The molecule has 126 valence electrons. The van der Waals surface area contributed by atoms with Crippen LogP contribution in [0.25, 0.3) is 0 Å². The van der Waals surface area contributed by atoms with Crippen LogP contribution in [0.1, 0.15) is 33.3 Å². The van der Waals surface area contributed by atoms with Gasteiger partial charge in [-0.25, -0.2) is 0 Å². The van der Waals surface area contributed by atoms with Gasteiger partial charge >= 0.3 is 0 Å². The number of likely N-dealkylation sites (N-methyl/N-ethyl adjacent to an activating group) is 1. The van der Waals surface area contributed by atoms with Gasteiger partial charge in [0.05, 0.1) is 5.25 Å². The molecule has 0 radical (unpaired) electrons. The molecule has 2 N–H and O–H groups in total. The van der Waals surface area contributed by atoms with E-state index in [9.17, 15) is 4.79 Å². The molecule has 1 unspecified atom stereocenters. The predicted molar refractivity (Wildman–Crippen MR) is 99.8 cm³/mol. The van der Waals surface area contributed by atoms with Crippen molar-refractivity contribution < 1.29 is 4.79 Å². The maximum atomic E-state index is 12.4. The van der Waals surface area contributed by atoms with E-state index in [0.29, 0.717) is 18.5 Å². The van der Waals surface area contributed by atoms with Crippen molar-refractivity contribution in [3.05, 3.63) is 35.9 Å². The standard InChI is InChI=1S/C17H28N2OS.ClH/c1-5-18-14(4)11-19-17(20)16(13(2)3)21-12-15-9-7-6-8-10-15;/h6-10,13-14,16,18H,5,11-12H2,1-4H3,(H,19,20);1H/t14-,16?;/m1./s1. The lowest BCUT2D eigenvalue weighted by Gasteiger charge is -2.21. The lowest BCUT2D eigenvalue weighted by Crippen LogP contribution is -2.43. The van der Waals surface area contributed by atoms with E-state index < -0.39 is 0 Å². The summed E-state index contributed by atoms with van der Waals surface area (Å²) in [4.78, 5) is 12.4. The molecular formula is C17H29ClN2OS. The third kappa shape index (κ3) is 8.06. The fourth-order valence-corrected chi connectivity index (χ4v) is 3.29. The van der Waals surface area contributed by atoms with Crippen LogP contribution in [0.3, 0.4) is 0 Å². The summed E-state index contributed by atoms with van der Waals surface area (Å²) in [6.45, 7) is 9.98. The summed E-state index contributed by atoms with van der Waals surface area (Å²) in [7, 11) is 0. The minimum absolute atomic E-state index is 0. The molecule has 0 aliphatic carbocycles. The van der Waals surface area contributed by atoms with Gasteiger partial charge in [0.25, 0.3) is 0 Å². The second-order valence-corrected chi connectivity index (χ2v) is 6.79. The molecule has 0 heterocycles. The molecule has 1 rings (SSSR count). The lowest BCUT2D eigenvalue weighted by molar-refractivity contribution is -0.121. The predicted octanol–water partition coefficient (Wildman–Crippen LogP) is 3.48. The van der Waals surface area contributed by atoms with Gasteiger partial charge in [0.15, 0.2) is 0 Å². The molecule has 5 heteroatoms. The number of halogens is 1. The molecule has 0 aliphatic rings. The Morgan fingerprint density at radius 2 is 1.82 bits per heavy atom. The van der Waals surface area contributed by atoms with Crippen molar-refractivity contribution in [1.82, 2.24) is 10.6 Å². The number of amides is 1. The molecule has 1 amide bonds.